The molecule has 3 amide bonds. The molecule has 178 valence electrons. The number of hydrogen-bond acceptors (Lipinski definition) is 4. The van der Waals surface area contributed by atoms with Crippen molar-refractivity contribution in [1.29, 1.82) is 0 Å². The smallest absolute Gasteiger partial charge is 0.223 e. The number of Topliss-reactive ketones (excluding diaryl/α,β-unsaturated/α-hetero) is 1. The third-order valence-corrected chi connectivity index (χ3v) is 4.80. The summed E-state index contributed by atoms with van der Waals surface area (Å²) in [5, 5.41) is 5.46. The summed E-state index contributed by atoms with van der Waals surface area (Å²) in [5.41, 5.74) is 0. The van der Waals surface area contributed by atoms with Crippen LogP contribution in [0.15, 0.2) is 50.6 Å². The van der Waals surface area contributed by atoms with Crippen molar-refractivity contribution in [1.82, 2.24) is 15.5 Å². The molecule has 0 spiro atoms. The number of rotatable bonds is 20. The first kappa shape index (κ1) is 29.0. The molecule has 0 aromatic carbocycles. The number of nitrogens with one attached hydrogen (secondary N) is 2. The number of carbonyl (C=O) groups excluding carboxylic acids is 4. The number of hydrogen-bond donors (Lipinski definition) is 2. The highest BCUT2D eigenvalue weighted by molar-refractivity contribution is 5.82. The van der Waals surface area contributed by atoms with Crippen LogP contribution in [0.1, 0.15) is 51.4 Å². The molecule has 2 N–H and O–H groups in total. The van der Waals surface area contributed by atoms with Gasteiger partial charge in [-0.05, 0) is 25.7 Å². The summed E-state index contributed by atoms with van der Waals surface area (Å²) in [4.78, 5) is 49.6. The zero-order chi connectivity index (χ0) is 24.2. The molecule has 7 nitrogen and oxygen atoms in total. The van der Waals surface area contributed by atoms with Crippen molar-refractivity contribution < 1.29 is 19.2 Å². The summed E-state index contributed by atoms with van der Waals surface area (Å²) in [6, 6.07) is 0. The van der Waals surface area contributed by atoms with E-state index in [0.717, 1.165) is 0 Å². The molecule has 0 fully saturated rings. The highest BCUT2D eigenvalue weighted by Gasteiger charge is 2.15. The van der Waals surface area contributed by atoms with Crippen molar-refractivity contribution in [2.45, 2.75) is 51.4 Å². The van der Waals surface area contributed by atoms with E-state index in [4.69, 9.17) is 0 Å². The van der Waals surface area contributed by atoms with Gasteiger partial charge in [0.1, 0.15) is 5.78 Å². The Morgan fingerprint density at radius 1 is 0.688 bits per heavy atom. The van der Waals surface area contributed by atoms with E-state index in [9.17, 15) is 19.2 Å². The van der Waals surface area contributed by atoms with E-state index in [1.807, 2.05) is 0 Å². The Morgan fingerprint density at radius 2 is 1.16 bits per heavy atom. The van der Waals surface area contributed by atoms with Crippen LogP contribution >= 0.6 is 0 Å². The van der Waals surface area contributed by atoms with Gasteiger partial charge in [0.05, 0.1) is 0 Å². The molecule has 0 atom stereocenters. The first-order valence-corrected chi connectivity index (χ1v) is 11.2. The number of allylic oxidation sites excluding steroid dienone is 2. The Bertz CT molecular complexity index is 582. The Hall–Kier alpha value is -2.96. The Balaban J connectivity index is 3.93. The summed E-state index contributed by atoms with van der Waals surface area (Å²) in [6.07, 6.45) is 10.1. The maximum absolute atomic E-state index is 12.2. The van der Waals surface area contributed by atoms with Crippen molar-refractivity contribution in [2.24, 2.45) is 5.92 Å². The molecule has 7 heteroatoms. The average molecular weight is 446 g/mol. The quantitative estimate of drug-likeness (QED) is 0.222. The first-order valence-electron chi connectivity index (χ1n) is 11.2. The molecule has 0 unspecified atom stereocenters. The second-order valence-corrected chi connectivity index (χ2v) is 7.50. The monoisotopic (exact) mass is 445 g/mol. The minimum Gasteiger partial charge on any atom is -0.354 e. The Labute approximate surface area is 192 Å². The summed E-state index contributed by atoms with van der Waals surface area (Å²) in [7, 11) is 0. The van der Waals surface area contributed by atoms with Crippen LogP contribution in [-0.2, 0) is 19.2 Å². The average Bonchev–Trinajstić information content (AvgIpc) is 2.76. The molecule has 0 aliphatic carbocycles. The van der Waals surface area contributed by atoms with Gasteiger partial charge in [-0.15, -0.1) is 26.3 Å². The molecular weight excluding hydrogens is 406 g/mol. The van der Waals surface area contributed by atoms with Gasteiger partial charge in [0.15, 0.2) is 0 Å². The topological polar surface area (TPSA) is 95.6 Å². The molecule has 0 radical (unpaired) electrons. The number of ketones is 1. The second kappa shape index (κ2) is 18.8. The molecule has 0 heterocycles. The van der Waals surface area contributed by atoms with Crippen LogP contribution < -0.4 is 10.6 Å². The normalized spacial score (nSPS) is 10.2. The minimum atomic E-state index is -0.160. The van der Waals surface area contributed by atoms with Gasteiger partial charge in [-0.25, -0.2) is 0 Å². The van der Waals surface area contributed by atoms with Gasteiger partial charge < -0.3 is 15.5 Å². The van der Waals surface area contributed by atoms with Gasteiger partial charge in [0.25, 0.3) is 0 Å². The van der Waals surface area contributed by atoms with Crippen LogP contribution in [0.25, 0.3) is 0 Å². The van der Waals surface area contributed by atoms with Crippen molar-refractivity contribution in [3.8, 4) is 0 Å². The van der Waals surface area contributed by atoms with E-state index < -0.39 is 0 Å². The molecule has 0 saturated carbocycles. The summed E-state index contributed by atoms with van der Waals surface area (Å²) in [5.74, 6) is -0.326. The van der Waals surface area contributed by atoms with Crippen LogP contribution in [0.5, 0.6) is 0 Å². The molecular formula is C25H39N3O4. The predicted octanol–water partition coefficient (Wildman–Crippen LogP) is 3.10. The maximum atomic E-state index is 12.2. The van der Waals surface area contributed by atoms with Gasteiger partial charge in [-0.1, -0.05) is 24.3 Å². The zero-order valence-corrected chi connectivity index (χ0v) is 19.3. The molecule has 0 aliphatic rings. The summed E-state index contributed by atoms with van der Waals surface area (Å²) in [6.45, 7) is 16.1. The van der Waals surface area contributed by atoms with Gasteiger partial charge >= 0.3 is 0 Å². The van der Waals surface area contributed by atoms with Gasteiger partial charge in [0, 0.05) is 57.8 Å². The molecule has 0 aromatic rings. The van der Waals surface area contributed by atoms with Crippen LogP contribution in [0.4, 0.5) is 0 Å². The molecule has 32 heavy (non-hydrogen) atoms. The summed E-state index contributed by atoms with van der Waals surface area (Å²) < 4.78 is 0. The lowest BCUT2D eigenvalue weighted by Gasteiger charge is -2.19. The van der Waals surface area contributed by atoms with E-state index in [-0.39, 0.29) is 48.7 Å². The van der Waals surface area contributed by atoms with Crippen LogP contribution in [0.2, 0.25) is 0 Å². The van der Waals surface area contributed by atoms with Gasteiger partial charge in [-0.2, -0.15) is 0 Å². The number of amides is 3. The SMILES string of the molecule is C=CCC(CC=C)C(=O)CCCC(=O)NCCNC(=O)CCCC(=O)N(CC=C)CC=C. The first-order chi connectivity index (χ1) is 15.4. The fourth-order valence-electron chi connectivity index (χ4n) is 3.12. The van der Waals surface area contributed by atoms with E-state index in [1.165, 1.54) is 0 Å². The van der Waals surface area contributed by atoms with Crippen molar-refractivity contribution in [2.75, 3.05) is 26.2 Å². The maximum Gasteiger partial charge on any atom is 0.223 e. The molecule has 0 aromatic heterocycles. The van der Waals surface area contributed by atoms with Gasteiger partial charge in [0.2, 0.25) is 17.7 Å². The van der Waals surface area contributed by atoms with Crippen molar-refractivity contribution in [3.63, 3.8) is 0 Å². The predicted molar refractivity (Wildman–Crippen MR) is 129 cm³/mol. The minimum absolute atomic E-state index is 0.0383. The lowest BCUT2D eigenvalue weighted by molar-refractivity contribution is -0.130. The molecule has 0 aliphatic heterocycles. The van der Waals surface area contributed by atoms with Crippen molar-refractivity contribution in [3.05, 3.63) is 50.6 Å². The number of carbonyl (C=O) groups is 4. The van der Waals surface area contributed by atoms with Crippen LogP contribution in [0.3, 0.4) is 0 Å². The largest absolute Gasteiger partial charge is 0.354 e. The third-order valence-electron chi connectivity index (χ3n) is 4.80. The van der Waals surface area contributed by atoms with E-state index in [1.54, 1.807) is 29.2 Å². The molecule has 0 bridgehead atoms. The van der Waals surface area contributed by atoms with Crippen molar-refractivity contribution >= 4 is 23.5 Å². The third kappa shape index (κ3) is 14.1. The zero-order valence-electron chi connectivity index (χ0n) is 19.3. The standard InChI is InChI=1S/C25H39N3O4/c1-5-11-21(12-6-2)22(29)13-9-14-23(30)26-17-18-27-24(31)15-10-16-25(32)28(19-7-3)20-8-4/h5-8,21H,1-4,9-20H2,(H,26,30)(H,27,31). The molecule has 0 rings (SSSR count). The Kier molecular flexibility index (Phi) is 17.0. The highest BCUT2D eigenvalue weighted by atomic mass is 16.2. The Morgan fingerprint density at radius 3 is 1.59 bits per heavy atom. The summed E-state index contributed by atoms with van der Waals surface area (Å²) >= 11 is 0. The fraction of sp³-hybridized carbons (Fsp3) is 0.520. The van der Waals surface area contributed by atoms with Crippen LogP contribution in [-0.4, -0.2) is 54.6 Å². The second-order valence-electron chi connectivity index (χ2n) is 7.50. The van der Waals surface area contributed by atoms with Gasteiger partial charge in [-0.3, -0.25) is 19.2 Å². The van der Waals surface area contributed by atoms with E-state index >= 15 is 0 Å². The lowest BCUT2D eigenvalue weighted by Crippen LogP contribution is -2.35. The van der Waals surface area contributed by atoms with E-state index in [0.29, 0.717) is 58.3 Å². The lowest BCUT2D eigenvalue weighted by atomic mass is 9.93. The molecule has 0 saturated heterocycles. The van der Waals surface area contributed by atoms with E-state index in [2.05, 4.69) is 36.9 Å². The fourth-order valence-corrected chi connectivity index (χ4v) is 3.12. The number of nitrogens with zero attached hydrogens (tertiary/aromatic N) is 1. The van der Waals surface area contributed by atoms with Crippen LogP contribution in [0, 0.1) is 5.92 Å². The highest BCUT2D eigenvalue weighted by Crippen LogP contribution is 2.15.